The lowest BCUT2D eigenvalue weighted by atomic mass is 10.2. The van der Waals surface area contributed by atoms with Crippen LogP contribution in [0.5, 0.6) is 5.75 Å². The van der Waals surface area contributed by atoms with Gasteiger partial charge in [0.05, 0.1) is 29.5 Å². The number of carbonyl (C=O) groups is 1. The third-order valence-electron chi connectivity index (χ3n) is 3.86. The summed E-state index contributed by atoms with van der Waals surface area (Å²) in [5.74, 6) is -0.317. The second-order valence-corrected chi connectivity index (χ2v) is 10.5. The number of ether oxygens (including phenoxy) is 1. The van der Waals surface area contributed by atoms with Gasteiger partial charge in [-0.3, -0.25) is 4.79 Å². The second-order valence-electron chi connectivity index (χ2n) is 6.48. The highest BCUT2D eigenvalue weighted by atomic mass is 32.2. The molecule has 0 heterocycles. The van der Waals surface area contributed by atoms with Crippen LogP contribution >= 0.6 is 0 Å². The van der Waals surface area contributed by atoms with Gasteiger partial charge in [-0.1, -0.05) is 13.8 Å². The van der Waals surface area contributed by atoms with Crippen LogP contribution in [0.15, 0.2) is 23.1 Å². The summed E-state index contributed by atoms with van der Waals surface area (Å²) >= 11 is 0. The molecule has 0 saturated heterocycles. The number of anilines is 1. The lowest BCUT2D eigenvalue weighted by Crippen LogP contribution is -2.34. The zero-order valence-electron chi connectivity index (χ0n) is 17.1. The van der Waals surface area contributed by atoms with Gasteiger partial charge in [0.2, 0.25) is 26.0 Å². The first-order valence-corrected chi connectivity index (χ1v) is 12.1. The quantitative estimate of drug-likeness (QED) is 0.593. The molecule has 160 valence electrons. The molecule has 0 aliphatic heterocycles. The number of rotatable bonds is 10. The first-order valence-electron chi connectivity index (χ1n) is 8.84. The minimum Gasteiger partial charge on any atom is -0.489 e. The van der Waals surface area contributed by atoms with E-state index in [2.05, 4.69) is 5.32 Å². The molecular formula is C17H29N3O6S2. The molecule has 0 bridgehead atoms. The fourth-order valence-corrected chi connectivity index (χ4v) is 4.18. The Bertz CT molecular complexity index is 893. The van der Waals surface area contributed by atoms with Crippen LogP contribution in [0.4, 0.5) is 5.69 Å². The summed E-state index contributed by atoms with van der Waals surface area (Å²) in [5.41, 5.74) is 0.161. The number of nitrogens with zero attached hydrogens (tertiary/aromatic N) is 2. The first-order chi connectivity index (χ1) is 12.8. The lowest BCUT2D eigenvalue weighted by Gasteiger charge is -2.21. The summed E-state index contributed by atoms with van der Waals surface area (Å²) in [6, 6.07) is 4.22. The van der Waals surface area contributed by atoms with E-state index in [0.29, 0.717) is 18.8 Å². The maximum atomic E-state index is 12.8. The van der Waals surface area contributed by atoms with Crippen LogP contribution in [-0.4, -0.2) is 70.4 Å². The van der Waals surface area contributed by atoms with E-state index in [1.165, 1.54) is 29.6 Å². The summed E-state index contributed by atoms with van der Waals surface area (Å²) in [6.45, 7) is 7.27. The molecule has 9 nitrogen and oxygen atoms in total. The van der Waals surface area contributed by atoms with Crippen LogP contribution < -0.4 is 10.1 Å². The molecular weight excluding hydrogens is 406 g/mol. The van der Waals surface area contributed by atoms with Crippen LogP contribution in [0.2, 0.25) is 0 Å². The van der Waals surface area contributed by atoms with E-state index in [1.54, 1.807) is 27.7 Å². The zero-order chi connectivity index (χ0) is 21.7. The molecule has 11 heteroatoms. The van der Waals surface area contributed by atoms with Gasteiger partial charge in [0, 0.05) is 20.1 Å². The molecule has 1 N–H and O–H groups in total. The van der Waals surface area contributed by atoms with Gasteiger partial charge in [0.1, 0.15) is 5.75 Å². The van der Waals surface area contributed by atoms with E-state index >= 15 is 0 Å². The van der Waals surface area contributed by atoms with Gasteiger partial charge >= 0.3 is 0 Å². The monoisotopic (exact) mass is 435 g/mol. The number of sulfonamides is 2. The molecule has 1 aromatic carbocycles. The summed E-state index contributed by atoms with van der Waals surface area (Å²) in [5, 5.41) is 2.55. The summed E-state index contributed by atoms with van der Waals surface area (Å²) in [6.07, 6.45) is 0.782. The third-order valence-corrected chi connectivity index (χ3v) is 7.17. The molecule has 0 spiro atoms. The fourth-order valence-electron chi connectivity index (χ4n) is 2.35. The normalized spacial score (nSPS) is 12.6. The highest BCUT2D eigenvalue weighted by Gasteiger charge is 2.24. The number of hydrogen-bond acceptors (Lipinski definition) is 6. The largest absolute Gasteiger partial charge is 0.489 e. The maximum Gasteiger partial charge on any atom is 0.243 e. The Balaban J connectivity index is 3.28. The third kappa shape index (κ3) is 6.43. The van der Waals surface area contributed by atoms with Crippen molar-refractivity contribution in [3.05, 3.63) is 18.2 Å². The van der Waals surface area contributed by atoms with Crippen LogP contribution in [-0.2, 0) is 24.8 Å². The predicted octanol–water partition coefficient (Wildman–Crippen LogP) is 1.33. The van der Waals surface area contributed by atoms with Crippen molar-refractivity contribution in [3.63, 3.8) is 0 Å². The Kier molecular flexibility index (Phi) is 8.42. The van der Waals surface area contributed by atoms with Crippen molar-refractivity contribution in [2.75, 3.05) is 38.3 Å². The van der Waals surface area contributed by atoms with E-state index in [9.17, 15) is 21.6 Å². The standard InChI is InChI=1S/C17H29N3O6S2/c1-7-20(8-2)28(24,25)14-9-10-16(26-13(3)4)15(11-14)18-17(21)12-19(5)27(6,22)23/h9-11,13H,7-8,12H2,1-6H3,(H,18,21). The molecule has 0 unspecified atom stereocenters. The number of nitrogens with one attached hydrogen (secondary N) is 1. The van der Waals surface area contributed by atoms with Gasteiger partial charge in [-0.05, 0) is 32.0 Å². The molecule has 0 atom stereocenters. The van der Waals surface area contributed by atoms with Gasteiger partial charge in [-0.2, -0.15) is 8.61 Å². The van der Waals surface area contributed by atoms with Crippen molar-refractivity contribution in [2.45, 2.75) is 38.7 Å². The van der Waals surface area contributed by atoms with Gasteiger partial charge in [-0.25, -0.2) is 16.8 Å². The zero-order valence-corrected chi connectivity index (χ0v) is 18.7. The van der Waals surface area contributed by atoms with Crippen LogP contribution in [0, 0.1) is 0 Å². The van der Waals surface area contributed by atoms with Gasteiger partial charge in [0.25, 0.3) is 0 Å². The molecule has 1 aromatic rings. The Morgan fingerprint density at radius 1 is 1.14 bits per heavy atom. The average Bonchev–Trinajstić information content (AvgIpc) is 2.55. The first kappa shape index (κ1) is 24.3. The number of hydrogen-bond donors (Lipinski definition) is 1. The molecule has 0 aromatic heterocycles. The molecule has 0 aliphatic rings. The Hall–Kier alpha value is -1.69. The topological polar surface area (TPSA) is 113 Å². The highest BCUT2D eigenvalue weighted by molar-refractivity contribution is 7.89. The van der Waals surface area contributed by atoms with Crippen molar-refractivity contribution >= 4 is 31.6 Å². The van der Waals surface area contributed by atoms with Crippen molar-refractivity contribution in [1.29, 1.82) is 0 Å². The van der Waals surface area contributed by atoms with Crippen LogP contribution in [0.25, 0.3) is 0 Å². The van der Waals surface area contributed by atoms with Gasteiger partial charge < -0.3 is 10.1 Å². The minimum absolute atomic E-state index is 0.0130. The molecule has 1 amide bonds. The second kappa shape index (κ2) is 9.68. The van der Waals surface area contributed by atoms with E-state index in [0.717, 1.165) is 10.6 Å². The molecule has 1 rings (SSSR count). The van der Waals surface area contributed by atoms with Crippen molar-refractivity contribution < 1.29 is 26.4 Å². The lowest BCUT2D eigenvalue weighted by molar-refractivity contribution is -0.116. The van der Waals surface area contributed by atoms with Crippen molar-refractivity contribution in [3.8, 4) is 5.75 Å². The van der Waals surface area contributed by atoms with E-state index in [4.69, 9.17) is 4.74 Å². The summed E-state index contributed by atoms with van der Waals surface area (Å²) < 4.78 is 56.3. The van der Waals surface area contributed by atoms with E-state index < -0.39 is 32.5 Å². The minimum atomic E-state index is -3.73. The number of carbonyl (C=O) groups excluding carboxylic acids is 1. The van der Waals surface area contributed by atoms with Gasteiger partial charge in [0.15, 0.2) is 0 Å². The molecule has 0 radical (unpaired) electrons. The maximum absolute atomic E-state index is 12.8. The molecule has 0 saturated carbocycles. The van der Waals surface area contributed by atoms with Gasteiger partial charge in [-0.15, -0.1) is 0 Å². The molecule has 28 heavy (non-hydrogen) atoms. The summed E-state index contributed by atoms with van der Waals surface area (Å²) in [4.78, 5) is 12.3. The molecule has 0 fully saturated rings. The van der Waals surface area contributed by atoms with Crippen LogP contribution in [0.1, 0.15) is 27.7 Å². The number of benzene rings is 1. The fraction of sp³-hybridized carbons (Fsp3) is 0.588. The van der Waals surface area contributed by atoms with Crippen LogP contribution in [0.3, 0.4) is 0 Å². The smallest absolute Gasteiger partial charge is 0.243 e. The number of amides is 1. The number of likely N-dealkylation sites (N-methyl/N-ethyl adjacent to an activating group) is 1. The average molecular weight is 436 g/mol. The molecule has 0 aliphatic carbocycles. The predicted molar refractivity (Wildman–Crippen MR) is 108 cm³/mol. The Morgan fingerprint density at radius 2 is 1.71 bits per heavy atom. The SMILES string of the molecule is CCN(CC)S(=O)(=O)c1ccc(OC(C)C)c(NC(=O)CN(C)S(C)(=O)=O)c1. The van der Waals surface area contributed by atoms with Crippen molar-refractivity contribution in [2.24, 2.45) is 0 Å². The van der Waals surface area contributed by atoms with E-state index in [-0.39, 0.29) is 16.7 Å². The Morgan fingerprint density at radius 3 is 2.18 bits per heavy atom. The Labute approximate surface area is 167 Å². The van der Waals surface area contributed by atoms with E-state index in [1.807, 2.05) is 0 Å². The summed E-state index contributed by atoms with van der Waals surface area (Å²) in [7, 11) is -5.98. The highest BCUT2D eigenvalue weighted by Crippen LogP contribution is 2.30. The van der Waals surface area contributed by atoms with Crippen molar-refractivity contribution in [1.82, 2.24) is 8.61 Å².